The largest absolute Gasteiger partial charge is 0.461 e. The van der Waals surface area contributed by atoms with Crippen molar-refractivity contribution in [2.75, 3.05) is 41.5 Å². The van der Waals surface area contributed by atoms with Crippen LogP contribution in [0.25, 0.3) is 0 Å². The van der Waals surface area contributed by atoms with E-state index in [1.807, 2.05) is 0 Å². The van der Waals surface area contributed by atoms with Crippen LogP contribution in [-0.4, -0.2) is 67.1 Å². The molecule has 0 radical (unpaired) electrons. The Kier molecular flexibility index (Phi) is 7.06. The fraction of sp³-hybridized carbons (Fsp3) is 0.700. The van der Waals surface area contributed by atoms with Crippen molar-refractivity contribution in [1.29, 1.82) is 0 Å². The van der Waals surface area contributed by atoms with Crippen LogP contribution in [0, 0.1) is 0 Å². The van der Waals surface area contributed by atoms with Crippen molar-refractivity contribution in [1.82, 2.24) is 14.3 Å². The zero-order valence-corrected chi connectivity index (χ0v) is 12.9. The van der Waals surface area contributed by atoms with Crippen LogP contribution in [-0.2, 0) is 9.47 Å². The Balaban J connectivity index is 2.55. The zero-order valence-electron chi connectivity index (χ0n) is 11.3. The molecule has 0 bridgehead atoms. The second-order valence-electron chi connectivity index (χ2n) is 3.76. The first-order chi connectivity index (χ1) is 9.06. The van der Waals surface area contributed by atoms with Gasteiger partial charge in [-0.1, -0.05) is 0 Å². The number of hydrogen-bond donors (Lipinski definition) is 0. The quantitative estimate of drug-likeness (QED) is 0.704. The summed E-state index contributed by atoms with van der Waals surface area (Å²) in [6.45, 7) is 0.791. The summed E-state index contributed by atoms with van der Waals surface area (Å²) in [6.07, 6.45) is -0.245. The van der Waals surface area contributed by atoms with Crippen molar-refractivity contribution in [3.8, 4) is 5.19 Å². The lowest BCUT2D eigenvalue weighted by atomic mass is 10.4. The van der Waals surface area contributed by atoms with Crippen LogP contribution < -0.4 is 4.74 Å². The van der Waals surface area contributed by atoms with Gasteiger partial charge in [0.1, 0.15) is 6.10 Å². The number of aromatic nitrogens is 2. The highest BCUT2D eigenvalue weighted by Crippen LogP contribution is 2.24. The summed E-state index contributed by atoms with van der Waals surface area (Å²) in [4.78, 5) is 17.1. The lowest BCUT2D eigenvalue weighted by Crippen LogP contribution is -2.27. The molecule has 0 spiro atoms. The maximum atomic E-state index is 11.5. The minimum atomic E-state index is -0.245. The number of carbonyl (C=O) groups excluding carboxylic acids is 1. The highest BCUT2D eigenvalue weighted by atomic mass is 32.2. The molecule has 9 heteroatoms. The molecule has 0 aliphatic heterocycles. The number of rotatable bonds is 7. The van der Waals surface area contributed by atoms with E-state index >= 15 is 0 Å². The van der Waals surface area contributed by atoms with Crippen molar-refractivity contribution >= 4 is 28.5 Å². The molecule has 0 aromatic carbocycles. The number of thioether (sulfide) groups is 1. The molecule has 1 amide bonds. The second-order valence-corrected chi connectivity index (χ2v) is 5.39. The van der Waals surface area contributed by atoms with Gasteiger partial charge in [0, 0.05) is 51.6 Å². The minimum absolute atomic E-state index is 0.130. The van der Waals surface area contributed by atoms with Crippen molar-refractivity contribution in [2.24, 2.45) is 0 Å². The van der Waals surface area contributed by atoms with Gasteiger partial charge in [0.2, 0.25) is 5.16 Å². The number of carbonyl (C=O) groups is 1. The number of nitrogens with zero attached hydrogens (tertiary/aromatic N) is 3. The summed E-state index contributed by atoms with van der Waals surface area (Å²) in [5.41, 5.74) is 0. The van der Waals surface area contributed by atoms with E-state index in [2.05, 4.69) is 9.36 Å². The van der Waals surface area contributed by atoms with E-state index in [-0.39, 0.29) is 11.3 Å². The smallest absolute Gasteiger partial charge is 0.294 e. The molecule has 0 aliphatic carbocycles. The molecule has 0 N–H and O–H groups in total. The van der Waals surface area contributed by atoms with Crippen LogP contribution in [0.1, 0.15) is 0 Å². The van der Waals surface area contributed by atoms with Gasteiger partial charge in [0.05, 0.1) is 13.2 Å². The number of hydrogen-bond acceptors (Lipinski definition) is 8. The van der Waals surface area contributed by atoms with Crippen LogP contribution in [0.5, 0.6) is 5.19 Å². The van der Waals surface area contributed by atoms with Gasteiger partial charge in [-0.25, -0.2) is 0 Å². The number of methoxy groups -OCH3 is 2. The van der Waals surface area contributed by atoms with Gasteiger partial charge in [-0.2, -0.15) is 9.36 Å². The average Bonchev–Trinajstić information content (AvgIpc) is 2.77. The molecule has 19 heavy (non-hydrogen) atoms. The van der Waals surface area contributed by atoms with Crippen molar-refractivity contribution in [3.63, 3.8) is 0 Å². The zero-order chi connectivity index (χ0) is 14.3. The summed E-state index contributed by atoms with van der Waals surface area (Å²) in [5, 5.41) is 0.648. The molecule has 1 aromatic rings. The Morgan fingerprint density at radius 3 is 2.53 bits per heavy atom. The molecule has 0 saturated carbocycles. The van der Waals surface area contributed by atoms with E-state index in [1.165, 1.54) is 4.90 Å². The molecule has 0 atom stereocenters. The molecule has 0 aliphatic rings. The fourth-order valence-electron chi connectivity index (χ4n) is 1.09. The second kappa shape index (κ2) is 8.31. The highest BCUT2D eigenvalue weighted by molar-refractivity contribution is 8.13. The third-order valence-corrected chi connectivity index (χ3v) is 3.53. The van der Waals surface area contributed by atoms with E-state index < -0.39 is 0 Å². The predicted molar refractivity (Wildman–Crippen MR) is 73.0 cm³/mol. The van der Waals surface area contributed by atoms with Crippen LogP contribution >= 0.6 is 23.3 Å². The average molecular weight is 307 g/mol. The topological polar surface area (TPSA) is 73.8 Å². The molecule has 0 unspecified atom stereocenters. The minimum Gasteiger partial charge on any atom is -0.461 e. The van der Waals surface area contributed by atoms with E-state index in [1.54, 1.807) is 28.3 Å². The Hall–Kier alpha value is -0.900. The van der Waals surface area contributed by atoms with Crippen LogP contribution in [0.4, 0.5) is 4.79 Å². The predicted octanol–water partition coefficient (Wildman–Crippen LogP) is 1.35. The Morgan fingerprint density at radius 1 is 1.37 bits per heavy atom. The fourth-order valence-corrected chi connectivity index (χ4v) is 2.38. The molecule has 1 rings (SSSR count). The molecule has 7 nitrogen and oxygen atoms in total. The third kappa shape index (κ3) is 5.72. The van der Waals surface area contributed by atoms with Gasteiger partial charge in [0.15, 0.2) is 0 Å². The maximum absolute atomic E-state index is 11.5. The molecular formula is C10H17N3O4S2. The van der Waals surface area contributed by atoms with Gasteiger partial charge in [0.25, 0.3) is 10.4 Å². The monoisotopic (exact) mass is 307 g/mol. The lowest BCUT2D eigenvalue weighted by Gasteiger charge is -2.14. The molecule has 0 saturated heterocycles. The molecule has 108 valence electrons. The first-order valence-electron chi connectivity index (χ1n) is 5.44. The van der Waals surface area contributed by atoms with Crippen LogP contribution in [0.2, 0.25) is 0 Å². The van der Waals surface area contributed by atoms with E-state index in [9.17, 15) is 4.79 Å². The van der Waals surface area contributed by atoms with Gasteiger partial charge in [-0.15, -0.1) is 0 Å². The first-order valence-corrected chi connectivity index (χ1v) is 7.03. The molecule has 1 heterocycles. The number of amides is 1. The highest BCUT2D eigenvalue weighted by Gasteiger charge is 2.16. The standard InChI is InChI=1S/C10H17N3O4S2/c1-13(2)10(14)18-8-11-9(19-12-8)17-7(5-15-3)6-16-4/h7H,5-6H2,1-4H3. The summed E-state index contributed by atoms with van der Waals surface area (Å²) < 4.78 is 19.7. The van der Waals surface area contributed by atoms with E-state index in [0.29, 0.717) is 23.6 Å². The van der Waals surface area contributed by atoms with Gasteiger partial charge in [-0.3, -0.25) is 4.79 Å². The third-order valence-electron chi connectivity index (χ3n) is 1.91. The first kappa shape index (κ1) is 16.2. The van der Waals surface area contributed by atoms with Crippen LogP contribution in [0.3, 0.4) is 0 Å². The Bertz CT molecular complexity index is 394. The van der Waals surface area contributed by atoms with Crippen molar-refractivity contribution in [3.05, 3.63) is 0 Å². The molecule has 1 aromatic heterocycles. The maximum Gasteiger partial charge on any atom is 0.294 e. The van der Waals surface area contributed by atoms with Crippen molar-refractivity contribution in [2.45, 2.75) is 11.3 Å². The summed E-state index contributed by atoms with van der Waals surface area (Å²) in [7, 11) is 6.52. The normalized spacial score (nSPS) is 10.8. The molecule has 0 fully saturated rings. The molecular weight excluding hydrogens is 290 g/mol. The summed E-state index contributed by atoms with van der Waals surface area (Å²) >= 11 is 2.06. The summed E-state index contributed by atoms with van der Waals surface area (Å²) in [5.74, 6) is 0. The van der Waals surface area contributed by atoms with Crippen molar-refractivity contribution < 1.29 is 19.0 Å². The SMILES string of the molecule is COCC(COC)Oc1nc(SC(=O)N(C)C)ns1. The lowest BCUT2D eigenvalue weighted by molar-refractivity contribution is 0.0242. The number of ether oxygens (including phenoxy) is 3. The van der Waals surface area contributed by atoms with E-state index in [0.717, 1.165) is 23.3 Å². The Morgan fingerprint density at radius 2 is 2.00 bits per heavy atom. The van der Waals surface area contributed by atoms with E-state index in [4.69, 9.17) is 14.2 Å². The summed E-state index contributed by atoms with van der Waals surface area (Å²) in [6, 6.07) is 0. The van der Waals surface area contributed by atoms with Crippen LogP contribution in [0.15, 0.2) is 5.16 Å². The van der Waals surface area contributed by atoms with Gasteiger partial charge in [-0.05, 0) is 0 Å². The van der Waals surface area contributed by atoms with Gasteiger partial charge >= 0.3 is 0 Å². The van der Waals surface area contributed by atoms with Gasteiger partial charge < -0.3 is 19.1 Å². The Labute approximate surface area is 120 Å².